The third-order valence-corrected chi connectivity index (χ3v) is 4.77. The highest BCUT2D eigenvalue weighted by atomic mass is 32.1. The van der Waals surface area contributed by atoms with Gasteiger partial charge in [-0.25, -0.2) is 0 Å². The Morgan fingerprint density at radius 2 is 1.83 bits per heavy atom. The van der Waals surface area contributed by atoms with Gasteiger partial charge in [-0.15, -0.1) is 0 Å². The molecule has 24 heavy (non-hydrogen) atoms. The molecule has 1 aromatic heterocycles. The maximum Gasteiger partial charge on any atom is 0.173 e. The molecule has 1 aromatic carbocycles. The Bertz CT molecular complexity index is 666. The fourth-order valence-corrected chi connectivity index (χ4v) is 3.27. The third kappa shape index (κ3) is 4.30. The average Bonchev–Trinajstić information content (AvgIpc) is 2.63. The first-order valence-corrected chi connectivity index (χ1v) is 8.93. The van der Waals surface area contributed by atoms with Gasteiger partial charge >= 0.3 is 0 Å². The summed E-state index contributed by atoms with van der Waals surface area (Å²) in [6.07, 6.45) is 2.86. The Kier molecular flexibility index (Phi) is 5.77. The zero-order chi connectivity index (χ0) is 16.8. The van der Waals surface area contributed by atoms with Crippen LogP contribution in [-0.2, 0) is 13.0 Å². The summed E-state index contributed by atoms with van der Waals surface area (Å²) in [5.41, 5.74) is 3.55. The van der Waals surface area contributed by atoms with Gasteiger partial charge in [-0.3, -0.25) is 9.88 Å². The number of hydrogen-bond donors (Lipinski definition) is 1. The number of anilines is 1. The molecule has 0 aliphatic carbocycles. The van der Waals surface area contributed by atoms with Crippen LogP contribution in [0.5, 0.6) is 0 Å². The molecule has 0 saturated carbocycles. The number of aromatic nitrogens is 1. The molecule has 1 aliphatic rings. The van der Waals surface area contributed by atoms with E-state index in [-0.39, 0.29) is 0 Å². The summed E-state index contributed by atoms with van der Waals surface area (Å²) in [7, 11) is 0. The molecule has 1 saturated heterocycles. The van der Waals surface area contributed by atoms with Crippen LogP contribution in [0, 0.1) is 0 Å². The molecule has 1 N–H and O–H groups in total. The maximum atomic E-state index is 5.62. The zero-order valence-electron chi connectivity index (χ0n) is 14.1. The van der Waals surface area contributed by atoms with E-state index in [4.69, 9.17) is 12.2 Å². The molecule has 5 heteroatoms. The van der Waals surface area contributed by atoms with Crippen LogP contribution in [0.1, 0.15) is 18.2 Å². The third-order valence-electron chi connectivity index (χ3n) is 4.41. The van der Waals surface area contributed by atoms with Crippen LogP contribution in [0.25, 0.3) is 0 Å². The number of aryl methyl sites for hydroxylation is 1. The molecule has 0 bridgehead atoms. The van der Waals surface area contributed by atoms with Crippen molar-refractivity contribution < 1.29 is 0 Å². The minimum Gasteiger partial charge on any atom is -0.346 e. The number of benzene rings is 1. The molecule has 0 spiro atoms. The van der Waals surface area contributed by atoms with Gasteiger partial charge in [0.05, 0.1) is 5.69 Å². The maximum absolute atomic E-state index is 5.62. The first kappa shape index (κ1) is 16.9. The topological polar surface area (TPSA) is 31.4 Å². The number of pyridine rings is 1. The predicted octanol–water partition coefficient (Wildman–Crippen LogP) is 3.16. The molecule has 126 valence electrons. The fourth-order valence-electron chi connectivity index (χ4n) is 2.97. The minimum absolute atomic E-state index is 0.827. The number of nitrogens with zero attached hydrogens (tertiary/aromatic N) is 3. The van der Waals surface area contributed by atoms with Crippen molar-refractivity contribution in [2.75, 3.05) is 31.5 Å². The van der Waals surface area contributed by atoms with E-state index in [1.165, 1.54) is 5.56 Å². The van der Waals surface area contributed by atoms with Crippen molar-refractivity contribution in [3.63, 3.8) is 0 Å². The second-order valence-electron chi connectivity index (χ2n) is 6.03. The molecular weight excluding hydrogens is 316 g/mol. The summed E-state index contributed by atoms with van der Waals surface area (Å²) in [4.78, 5) is 9.10. The Labute approximate surface area is 149 Å². The van der Waals surface area contributed by atoms with Gasteiger partial charge in [-0.05, 0) is 42.4 Å². The Balaban J connectivity index is 1.52. The summed E-state index contributed by atoms with van der Waals surface area (Å²) >= 11 is 5.62. The van der Waals surface area contributed by atoms with Crippen LogP contribution in [-0.4, -0.2) is 46.1 Å². The van der Waals surface area contributed by atoms with E-state index in [0.717, 1.165) is 55.6 Å². The second kappa shape index (κ2) is 8.22. The first-order chi connectivity index (χ1) is 11.8. The summed E-state index contributed by atoms with van der Waals surface area (Å²) in [5.74, 6) is 0. The number of nitrogens with one attached hydrogen (secondary N) is 1. The molecule has 4 nitrogen and oxygen atoms in total. The highest BCUT2D eigenvalue weighted by Crippen LogP contribution is 2.17. The van der Waals surface area contributed by atoms with Crippen LogP contribution in [0.15, 0.2) is 48.7 Å². The fraction of sp³-hybridized carbons (Fsp3) is 0.368. The lowest BCUT2D eigenvalue weighted by Crippen LogP contribution is -2.49. The van der Waals surface area contributed by atoms with Gasteiger partial charge in [0, 0.05) is 44.6 Å². The summed E-state index contributed by atoms with van der Waals surface area (Å²) in [5, 5.41) is 4.25. The quantitative estimate of drug-likeness (QED) is 0.864. The van der Waals surface area contributed by atoms with E-state index in [1.54, 1.807) is 0 Å². The molecule has 2 aromatic rings. The molecule has 1 aliphatic heterocycles. The normalized spacial score (nSPS) is 15.3. The van der Waals surface area contributed by atoms with Crippen molar-refractivity contribution in [2.24, 2.45) is 0 Å². The van der Waals surface area contributed by atoms with E-state index in [2.05, 4.69) is 57.4 Å². The molecule has 3 rings (SSSR count). The van der Waals surface area contributed by atoms with E-state index in [9.17, 15) is 0 Å². The van der Waals surface area contributed by atoms with Crippen LogP contribution in [0.2, 0.25) is 0 Å². The van der Waals surface area contributed by atoms with Crippen LogP contribution < -0.4 is 5.32 Å². The van der Waals surface area contributed by atoms with Crippen molar-refractivity contribution in [2.45, 2.75) is 19.9 Å². The van der Waals surface area contributed by atoms with Gasteiger partial charge in [0.2, 0.25) is 0 Å². The zero-order valence-corrected chi connectivity index (χ0v) is 14.9. The van der Waals surface area contributed by atoms with Gasteiger partial charge in [-0.2, -0.15) is 0 Å². The van der Waals surface area contributed by atoms with Gasteiger partial charge in [0.15, 0.2) is 5.11 Å². The van der Waals surface area contributed by atoms with Crippen LogP contribution >= 0.6 is 12.2 Å². The van der Waals surface area contributed by atoms with Crippen molar-refractivity contribution >= 4 is 23.0 Å². The number of hydrogen-bond acceptors (Lipinski definition) is 3. The predicted molar refractivity (Wildman–Crippen MR) is 103 cm³/mol. The molecule has 0 radical (unpaired) electrons. The van der Waals surface area contributed by atoms with Crippen molar-refractivity contribution in [3.05, 3.63) is 59.9 Å². The first-order valence-electron chi connectivity index (χ1n) is 8.52. The van der Waals surface area contributed by atoms with E-state index >= 15 is 0 Å². The minimum atomic E-state index is 0.827. The monoisotopic (exact) mass is 340 g/mol. The summed E-state index contributed by atoms with van der Waals surface area (Å²) in [6.45, 7) is 7.00. The van der Waals surface area contributed by atoms with Crippen LogP contribution in [0.3, 0.4) is 0 Å². The standard InChI is InChI=1S/C19H24N4S/c1-2-16-7-3-4-9-18(16)21-19(24)23-13-11-22(12-14-23)15-17-8-5-6-10-20-17/h3-10H,2,11-15H2,1H3,(H,21,24). The van der Waals surface area contributed by atoms with Gasteiger partial charge < -0.3 is 10.2 Å². The molecule has 1 fully saturated rings. The highest BCUT2D eigenvalue weighted by molar-refractivity contribution is 7.80. The molecule has 0 amide bonds. The SMILES string of the molecule is CCc1ccccc1NC(=S)N1CCN(Cc2ccccn2)CC1. The second-order valence-corrected chi connectivity index (χ2v) is 6.41. The van der Waals surface area contributed by atoms with Crippen molar-refractivity contribution in [1.82, 2.24) is 14.8 Å². The number of thiocarbonyl (C=S) groups is 1. The smallest absolute Gasteiger partial charge is 0.173 e. The Morgan fingerprint density at radius 1 is 1.08 bits per heavy atom. The Morgan fingerprint density at radius 3 is 2.54 bits per heavy atom. The van der Waals surface area contributed by atoms with E-state index in [1.807, 2.05) is 18.3 Å². The van der Waals surface area contributed by atoms with E-state index in [0.29, 0.717) is 0 Å². The molecule has 0 unspecified atom stereocenters. The Hall–Kier alpha value is -1.98. The summed E-state index contributed by atoms with van der Waals surface area (Å²) in [6, 6.07) is 14.5. The number of para-hydroxylation sites is 1. The lowest BCUT2D eigenvalue weighted by Gasteiger charge is -2.36. The number of rotatable bonds is 4. The largest absolute Gasteiger partial charge is 0.346 e. The molecular formula is C19H24N4S. The van der Waals surface area contributed by atoms with Crippen molar-refractivity contribution in [1.29, 1.82) is 0 Å². The van der Waals surface area contributed by atoms with Crippen molar-refractivity contribution in [3.8, 4) is 0 Å². The van der Waals surface area contributed by atoms with Gasteiger partial charge in [0.25, 0.3) is 0 Å². The lowest BCUT2D eigenvalue weighted by atomic mass is 10.1. The van der Waals surface area contributed by atoms with E-state index < -0.39 is 0 Å². The van der Waals surface area contributed by atoms with Crippen LogP contribution in [0.4, 0.5) is 5.69 Å². The molecule has 0 atom stereocenters. The van der Waals surface area contributed by atoms with Gasteiger partial charge in [0.1, 0.15) is 0 Å². The summed E-state index contributed by atoms with van der Waals surface area (Å²) < 4.78 is 0. The lowest BCUT2D eigenvalue weighted by molar-refractivity contribution is 0.175. The average molecular weight is 340 g/mol. The van der Waals surface area contributed by atoms with Gasteiger partial charge in [-0.1, -0.05) is 31.2 Å². The molecule has 2 heterocycles. The number of piperazine rings is 1. The highest BCUT2D eigenvalue weighted by Gasteiger charge is 2.19.